The lowest BCUT2D eigenvalue weighted by Crippen LogP contribution is -2.25. The highest BCUT2D eigenvalue weighted by Gasteiger charge is 2.33. The monoisotopic (exact) mass is 387 g/mol. The number of aromatic nitrogens is 1. The second kappa shape index (κ2) is 8.86. The quantitative estimate of drug-likeness (QED) is 0.697. The van der Waals surface area contributed by atoms with E-state index in [0.717, 1.165) is 6.07 Å². The summed E-state index contributed by atoms with van der Waals surface area (Å²) in [6.07, 6.45) is -2.60. The maximum Gasteiger partial charge on any atom is 0.418 e. The molecule has 1 amide bonds. The lowest BCUT2D eigenvalue weighted by Gasteiger charge is -2.14. The van der Waals surface area contributed by atoms with Gasteiger partial charge in [-0.15, -0.1) is 0 Å². The molecule has 140 valence electrons. The predicted molar refractivity (Wildman–Crippen MR) is 92.8 cm³/mol. The van der Waals surface area contributed by atoms with Crippen LogP contribution in [0.25, 0.3) is 0 Å². The van der Waals surface area contributed by atoms with E-state index in [1.54, 1.807) is 7.11 Å². The highest BCUT2D eigenvalue weighted by atomic mass is 35.5. The topological polar surface area (TPSA) is 63.2 Å². The van der Waals surface area contributed by atoms with Crippen molar-refractivity contribution < 1.29 is 22.7 Å². The van der Waals surface area contributed by atoms with Crippen LogP contribution in [0.4, 0.5) is 24.7 Å². The number of nitrogens with zero attached hydrogens (tertiary/aromatic N) is 1. The van der Waals surface area contributed by atoms with Gasteiger partial charge in [0.25, 0.3) is 5.91 Å². The molecule has 0 unspecified atom stereocenters. The maximum atomic E-state index is 13.1. The molecule has 1 heterocycles. The molecule has 0 bridgehead atoms. The number of halogens is 4. The number of hydrogen-bond donors (Lipinski definition) is 2. The third-order valence-electron chi connectivity index (χ3n) is 3.39. The maximum absolute atomic E-state index is 13.1. The van der Waals surface area contributed by atoms with Crippen LogP contribution in [-0.4, -0.2) is 31.2 Å². The van der Waals surface area contributed by atoms with Gasteiger partial charge in [0.1, 0.15) is 5.82 Å². The fourth-order valence-corrected chi connectivity index (χ4v) is 2.29. The van der Waals surface area contributed by atoms with E-state index >= 15 is 0 Å². The van der Waals surface area contributed by atoms with Crippen molar-refractivity contribution in [2.75, 3.05) is 25.6 Å². The number of amides is 1. The average molecular weight is 388 g/mol. The summed E-state index contributed by atoms with van der Waals surface area (Å²) < 4.78 is 44.2. The highest BCUT2D eigenvalue weighted by Crippen LogP contribution is 2.37. The van der Waals surface area contributed by atoms with Crippen molar-refractivity contribution in [1.82, 2.24) is 10.3 Å². The molecule has 0 radical (unpaired) electrons. The van der Waals surface area contributed by atoms with E-state index in [0.29, 0.717) is 25.1 Å². The van der Waals surface area contributed by atoms with Crippen LogP contribution in [0.1, 0.15) is 22.3 Å². The number of hydrogen-bond acceptors (Lipinski definition) is 4. The van der Waals surface area contributed by atoms with Gasteiger partial charge in [0.2, 0.25) is 0 Å². The summed E-state index contributed by atoms with van der Waals surface area (Å²) in [5.74, 6) is -0.142. The Hall–Kier alpha value is -2.32. The van der Waals surface area contributed by atoms with Gasteiger partial charge >= 0.3 is 6.18 Å². The molecule has 0 spiro atoms. The van der Waals surface area contributed by atoms with E-state index in [2.05, 4.69) is 15.6 Å². The number of alkyl halides is 3. The number of benzene rings is 1. The van der Waals surface area contributed by atoms with Gasteiger partial charge in [-0.3, -0.25) is 4.79 Å². The molecule has 0 aliphatic rings. The lowest BCUT2D eigenvalue weighted by atomic mass is 10.1. The second-order valence-electron chi connectivity index (χ2n) is 5.35. The summed E-state index contributed by atoms with van der Waals surface area (Å²) in [4.78, 5) is 15.9. The molecule has 2 rings (SSSR count). The first-order chi connectivity index (χ1) is 12.3. The van der Waals surface area contributed by atoms with Crippen LogP contribution < -0.4 is 10.6 Å². The zero-order chi connectivity index (χ0) is 19.2. The molecule has 5 nitrogen and oxygen atoms in total. The molecule has 1 aromatic carbocycles. The zero-order valence-electron chi connectivity index (χ0n) is 13.9. The minimum Gasteiger partial charge on any atom is -0.385 e. The fourth-order valence-electron chi connectivity index (χ4n) is 2.12. The molecule has 0 aliphatic heterocycles. The number of methoxy groups -OCH3 is 1. The van der Waals surface area contributed by atoms with Crippen LogP contribution in [-0.2, 0) is 10.9 Å². The van der Waals surface area contributed by atoms with Gasteiger partial charge in [-0.25, -0.2) is 4.98 Å². The van der Waals surface area contributed by atoms with E-state index in [4.69, 9.17) is 16.3 Å². The van der Waals surface area contributed by atoms with Gasteiger partial charge in [0.15, 0.2) is 0 Å². The highest BCUT2D eigenvalue weighted by molar-refractivity contribution is 6.30. The number of nitrogens with one attached hydrogen (secondary N) is 2. The normalized spacial score (nSPS) is 11.3. The number of pyridine rings is 1. The molecular weight excluding hydrogens is 371 g/mol. The molecule has 1 aromatic heterocycles. The standard InChI is InChI=1S/C17H17ClF3N3O2/c1-26-8-2-7-22-16(25)11-3-6-15(23-10-11)24-14-5-4-12(18)9-13(14)17(19,20)21/h3-6,9-10H,2,7-8H2,1H3,(H,22,25)(H,23,24). The van der Waals surface area contributed by atoms with Crippen LogP contribution in [0.3, 0.4) is 0 Å². The number of anilines is 2. The van der Waals surface area contributed by atoms with Gasteiger partial charge in [0, 0.05) is 31.5 Å². The van der Waals surface area contributed by atoms with E-state index in [-0.39, 0.29) is 22.4 Å². The van der Waals surface area contributed by atoms with Crippen molar-refractivity contribution >= 4 is 29.0 Å². The Morgan fingerprint density at radius 1 is 1.27 bits per heavy atom. The van der Waals surface area contributed by atoms with Crippen LogP contribution in [0.5, 0.6) is 0 Å². The molecule has 0 saturated heterocycles. The molecular formula is C17H17ClF3N3O2. The Kier molecular flexibility index (Phi) is 6.82. The lowest BCUT2D eigenvalue weighted by molar-refractivity contribution is -0.136. The summed E-state index contributed by atoms with van der Waals surface area (Å²) in [5.41, 5.74) is -0.766. The van der Waals surface area contributed by atoms with Gasteiger partial charge in [-0.2, -0.15) is 13.2 Å². The predicted octanol–water partition coefficient (Wildman–Crippen LogP) is 4.26. The molecule has 9 heteroatoms. The molecule has 2 N–H and O–H groups in total. The summed E-state index contributed by atoms with van der Waals surface area (Å²) in [7, 11) is 1.57. The van der Waals surface area contributed by atoms with Crippen molar-refractivity contribution in [2.24, 2.45) is 0 Å². The molecule has 0 fully saturated rings. The minimum atomic E-state index is -4.56. The molecule has 2 aromatic rings. The SMILES string of the molecule is COCCCNC(=O)c1ccc(Nc2ccc(Cl)cc2C(F)(F)F)nc1. The number of ether oxygens (including phenoxy) is 1. The minimum absolute atomic E-state index is 0.0173. The smallest absolute Gasteiger partial charge is 0.385 e. The summed E-state index contributed by atoms with van der Waals surface area (Å²) in [6, 6.07) is 6.32. The Bertz CT molecular complexity index is 752. The van der Waals surface area contributed by atoms with Crippen molar-refractivity contribution in [3.8, 4) is 0 Å². The number of carbonyl (C=O) groups excluding carboxylic acids is 1. The molecule has 0 atom stereocenters. The van der Waals surface area contributed by atoms with Gasteiger partial charge in [-0.1, -0.05) is 11.6 Å². The van der Waals surface area contributed by atoms with E-state index in [1.807, 2.05) is 0 Å². The van der Waals surface area contributed by atoms with Crippen LogP contribution in [0.15, 0.2) is 36.5 Å². The zero-order valence-corrected chi connectivity index (χ0v) is 14.6. The first-order valence-corrected chi connectivity index (χ1v) is 8.06. The largest absolute Gasteiger partial charge is 0.418 e. The van der Waals surface area contributed by atoms with E-state index in [1.165, 1.54) is 30.5 Å². The van der Waals surface area contributed by atoms with Gasteiger partial charge < -0.3 is 15.4 Å². The Morgan fingerprint density at radius 2 is 2.04 bits per heavy atom. The first-order valence-electron chi connectivity index (χ1n) is 7.68. The third-order valence-corrected chi connectivity index (χ3v) is 3.62. The van der Waals surface area contributed by atoms with Crippen molar-refractivity contribution in [1.29, 1.82) is 0 Å². The van der Waals surface area contributed by atoms with Crippen molar-refractivity contribution in [3.63, 3.8) is 0 Å². The molecule has 26 heavy (non-hydrogen) atoms. The van der Waals surface area contributed by atoms with Crippen molar-refractivity contribution in [2.45, 2.75) is 12.6 Å². The average Bonchev–Trinajstić information content (AvgIpc) is 2.60. The van der Waals surface area contributed by atoms with Crippen LogP contribution in [0, 0.1) is 0 Å². The van der Waals surface area contributed by atoms with E-state index in [9.17, 15) is 18.0 Å². The Morgan fingerprint density at radius 3 is 2.65 bits per heavy atom. The van der Waals surface area contributed by atoms with E-state index < -0.39 is 11.7 Å². The number of rotatable bonds is 7. The first kappa shape index (κ1) is 20.0. The Balaban J connectivity index is 2.07. The van der Waals surface area contributed by atoms with Gasteiger partial charge in [-0.05, 0) is 36.8 Å². The van der Waals surface area contributed by atoms with Gasteiger partial charge in [0.05, 0.1) is 16.8 Å². The van der Waals surface area contributed by atoms with Crippen molar-refractivity contribution in [3.05, 3.63) is 52.7 Å². The Labute approximate surface area is 153 Å². The second-order valence-corrected chi connectivity index (χ2v) is 5.78. The summed E-state index contributed by atoms with van der Waals surface area (Å²) >= 11 is 5.65. The number of carbonyl (C=O) groups is 1. The molecule has 0 saturated carbocycles. The third kappa shape index (κ3) is 5.60. The molecule has 0 aliphatic carbocycles. The van der Waals surface area contributed by atoms with Crippen LogP contribution >= 0.6 is 11.6 Å². The summed E-state index contributed by atoms with van der Waals surface area (Å²) in [6.45, 7) is 0.983. The summed E-state index contributed by atoms with van der Waals surface area (Å²) in [5, 5.41) is 5.27. The fraction of sp³-hybridized carbons (Fsp3) is 0.294. The van der Waals surface area contributed by atoms with Crippen LogP contribution in [0.2, 0.25) is 5.02 Å².